The van der Waals surface area contributed by atoms with Crippen molar-refractivity contribution in [3.8, 4) is 39.1 Å². The van der Waals surface area contributed by atoms with Gasteiger partial charge in [0.15, 0.2) is 0 Å². The lowest BCUT2D eigenvalue weighted by Crippen LogP contribution is -2.10. The predicted octanol–water partition coefficient (Wildman–Crippen LogP) is 13.3. The maximum atomic E-state index is 2.41. The smallest absolute Gasteiger partial charge is 0.0561 e. The fourth-order valence-corrected chi connectivity index (χ4v) is 7.15. The van der Waals surface area contributed by atoms with Crippen molar-refractivity contribution in [1.29, 1.82) is 0 Å². The Morgan fingerprint density at radius 3 is 1.32 bits per heavy atom. The number of anilines is 3. The van der Waals surface area contributed by atoms with Crippen LogP contribution in [-0.2, 0) is 0 Å². The van der Waals surface area contributed by atoms with Crippen LogP contribution in [0.5, 0.6) is 0 Å². The molecule has 8 aromatic carbocycles. The minimum atomic E-state index is 1.10. The molecular formula is C48H34N2. The van der Waals surface area contributed by atoms with Crippen LogP contribution in [0.1, 0.15) is 0 Å². The van der Waals surface area contributed by atoms with Crippen LogP contribution < -0.4 is 4.90 Å². The second kappa shape index (κ2) is 12.8. The average molecular weight is 639 g/mol. The minimum Gasteiger partial charge on any atom is -0.310 e. The molecular weight excluding hydrogens is 605 g/mol. The highest BCUT2D eigenvalue weighted by Gasteiger charge is 2.19. The fraction of sp³-hybridized carbons (Fsp3) is 0. The molecule has 0 spiro atoms. The molecule has 0 fully saturated rings. The zero-order valence-corrected chi connectivity index (χ0v) is 27.5. The van der Waals surface area contributed by atoms with Crippen molar-refractivity contribution in [3.05, 3.63) is 206 Å². The van der Waals surface area contributed by atoms with Crippen molar-refractivity contribution in [2.75, 3.05) is 4.90 Å². The van der Waals surface area contributed by atoms with Crippen LogP contribution in [0, 0.1) is 0 Å². The molecule has 0 radical (unpaired) electrons. The number of hydrogen-bond acceptors (Lipinski definition) is 1. The number of para-hydroxylation sites is 1. The van der Waals surface area contributed by atoms with Crippen LogP contribution in [-0.4, -0.2) is 4.57 Å². The fourth-order valence-electron chi connectivity index (χ4n) is 7.15. The Kier molecular flexibility index (Phi) is 7.53. The summed E-state index contributed by atoms with van der Waals surface area (Å²) in [6.45, 7) is 0. The topological polar surface area (TPSA) is 8.17 Å². The summed E-state index contributed by atoms with van der Waals surface area (Å²) < 4.78 is 2.41. The molecule has 9 aromatic rings. The number of hydrogen-bond donors (Lipinski definition) is 0. The lowest BCUT2D eigenvalue weighted by Gasteiger charge is -2.26. The number of benzene rings is 8. The molecule has 0 aliphatic heterocycles. The van der Waals surface area contributed by atoms with Gasteiger partial charge in [-0.05, 0) is 88.0 Å². The summed E-state index contributed by atoms with van der Waals surface area (Å²) in [6, 6.07) is 74.1. The predicted molar refractivity (Wildman–Crippen MR) is 212 cm³/mol. The number of fused-ring (bicyclic) bond motifs is 3. The maximum Gasteiger partial charge on any atom is 0.0561 e. The molecule has 0 atom stereocenters. The lowest BCUT2D eigenvalue weighted by atomic mass is 10.0. The molecule has 0 aliphatic rings. The Balaban J connectivity index is 1.25. The third-order valence-corrected chi connectivity index (χ3v) is 9.57. The Morgan fingerprint density at radius 1 is 0.280 bits per heavy atom. The van der Waals surface area contributed by atoms with Crippen LogP contribution in [0.15, 0.2) is 206 Å². The van der Waals surface area contributed by atoms with E-state index in [2.05, 4.69) is 216 Å². The van der Waals surface area contributed by atoms with Gasteiger partial charge in [0, 0.05) is 33.5 Å². The summed E-state index contributed by atoms with van der Waals surface area (Å²) in [7, 11) is 0. The van der Waals surface area contributed by atoms with Gasteiger partial charge in [0.1, 0.15) is 0 Å². The van der Waals surface area contributed by atoms with Crippen molar-refractivity contribution >= 4 is 38.9 Å². The summed E-state index contributed by atoms with van der Waals surface area (Å²) in [5, 5.41) is 2.46. The third kappa shape index (κ3) is 5.43. The molecule has 9 rings (SSSR count). The van der Waals surface area contributed by atoms with E-state index in [1.165, 1.54) is 55.2 Å². The van der Waals surface area contributed by atoms with Gasteiger partial charge in [-0.2, -0.15) is 0 Å². The Hall–Kier alpha value is -6.64. The Labute approximate surface area is 292 Å². The van der Waals surface area contributed by atoms with E-state index in [4.69, 9.17) is 0 Å². The number of rotatable bonds is 7. The number of nitrogens with zero attached hydrogens (tertiary/aromatic N) is 2. The molecule has 1 aromatic heterocycles. The molecule has 0 bridgehead atoms. The second-order valence-corrected chi connectivity index (χ2v) is 12.6. The first-order chi connectivity index (χ1) is 24.8. The monoisotopic (exact) mass is 638 g/mol. The summed E-state index contributed by atoms with van der Waals surface area (Å²) in [5.74, 6) is 0. The Bertz CT molecular complexity index is 2550. The lowest BCUT2D eigenvalue weighted by molar-refractivity contribution is 1.18. The highest BCUT2D eigenvalue weighted by molar-refractivity contribution is 6.11. The third-order valence-electron chi connectivity index (χ3n) is 9.57. The molecule has 0 N–H and O–H groups in total. The van der Waals surface area contributed by atoms with E-state index >= 15 is 0 Å². The van der Waals surface area contributed by atoms with E-state index in [9.17, 15) is 0 Å². The second-order valence-electron chi connectivity index (χ2n) is 12.6. The van der Waals surface area contributed by atoms with Crippen LogP contribution in [0.4, 0.5) is 17.1 Å². The molecule has 0 unspecified atom stereocenters. The molecule has 0 amide bonds. The molecule has 236 valence electrons. The molecule has 2 nitrogen and oxygen atoms in total. The summed E-state index contributed by atoms with van der Waals surface area (Å²) >= 11 is 0. The van der Waals surface area contributed by atoms with E-state index in [-0.39, 0.29) is 0 Å². The van der Waals surface area contributed by atoms with Gasteiger partial charge in [-0.1, -0.05) is 152 Å². The first kappa shape index (κ1) is 29.5. The van der Waals surface area contributed by atoms with Gasteiger partial charge < -0.3 is 9.47 Å². The minimum absolute atomic E-state index is 1.10. The molecule has 2 heteroatoms. The summed E-state index contributed by atoms with van der Waals surface area (Å²) in [4.78, 5) is 2.38. The van der Waals surface area contributed by atoms with Gasteiger partial charge in [0.2, 0.25) is 0 Å². The van der Waals surface area contributed by atoms with Gasteiger partial charge in [-0.3, -0.25) is 0 Å². The SMILES string of the molecule is c1ccc(-c2ccc(N(c3cccc(-c4ccccc4)c3)c3ccc4c5ccc(-c6ccccc6)cc5n(-c5ccccc5)c4c3)cc2)cc1. The van der Waals surface area contributed by atoms with Crippen LogP contribution in [0.2, 0.25) is 0 Å². The molecule has 0 saturated heterocycles. The Morgan fingerprint density at radius 2 is 0.700 bits per heavy atom. The van der Waals surface area contributed by atoms with Crippen molar-refractivity contribution in [1.82, 2.24) is 4.57 Å². The van der Waals surface area contributed by atoms with Gasteiger partial charge >= 0.3 is 0 Å². The summed E-state index contributed by atoms with van der Waals surface area (Å²) in [6.07, 6.45) is 0. The molecule has 0 aliphatic carbocycles. The van der Waals surface area contributed by atoms with Crippen molar-refractivity contribution in [3.63, 3.8) is 0 Å². The van der Waals surface area contributed by atoms with Crippen LogP contribution >= 0.6 is 0 Å². The summed E-state index contributed by atoms with van der Waals surface area (Å²) in [5.41, 5.74) is 14.0. The van der Waals surface area contributed by atoms with Gasteiger partial charge in [-0.25, -0.2) is 0 Å². The number of aromatic nitrogens is 1. The first-order valence-corrected chi connectivity index (χ1v) is 17.1. The van der Waals surface area contributed by atoms with E-state index in [1.807, 2.05) is 0 Å². The zero-order valence-electron chi connectivity index (χ0n) is 27.5. The molecule has 0 saturated carbocycles. The van der Waals surface area contributed by atoms with E-state index < -0.39 is 0 Å². The standard InChI is InChI=1S/C48H34N2/c1-5-14-35(15-6-1)38-24-27-42(28-25-38)49(43-23-13-20-39(32-43)36-16-7-2-8-17-36)44-29-31-46-45-30-26-40(37-18-9-3-10-19-37)33-47(45)50(48(46)34-44)41-21-11-4-12-22-41/h1-34H. The maximum absolute atomic E-state index is 2.41. The molecule has 1 heterocycles. The largest absolute Gasteiger partial charge is 0.310 e. The van der Waals surface area contributed by atoms with Crippen molar-refractivity contribution in [2.45, 2.75) is 0 Å². The van der Waals surface area contributed by atoms with Crippen molar-refractivity contribution in [2.24, 2.45) is 0 Å². The quantitative estimate of drug-likeness (QED) is 0.169. The van der Waals surface area contributed by atoms with E-state index in [0.717, 1.165) is 22.7 Å². The van der Waals surface area contributed by atoms with Crippen LogP contribution in [0.3, 0.4) is 0 Å². The van der Waals surface area contributed by atoms with Crippen molar-refractivity contribution < 1.29 is 0 Å². The first-order valence-electron chi connectivity index (χ1n) is 17.1. The average Bonchev–Trinajstić information content (AvgIpc) is 3.53. The van der Waals surface area contributed by atoms with Gasteiger partial charge in [0.25, 0.3) is 0 Å². The van der Waals surface area contributed by atoms with Gasteiger partial charge in [0.05, 0.1) is 11.0 Å². The molecule has 50 heavy (non-hydrogen) atoms. The normalized spacial score (nSPS) is 11.2. The zero-order chi connectivity index (χ0) is 33.3. The van der Waals surface area contributed by atoms with E-state index in [1.54, 1.807) is 0 Å². The van der Waals surface area contributed by atoms with Crippen LogP contribution in [0.25, 0.3) is 60.9 Å². The highest BCUT2D eigenvalue weighted by Crippen LogP contribution is 2.41. The highest BCUT2D eigenvalue weighted by atomic mass is 15.1. The van der Waals surface area contributed by atoms with Gasteiger partial charge in [-0.15, -0.1) is 0 Å². The van der Waals surface area contributed by atoms with E-state index in [0.29, 0.717) is 0 Å².